The van der Waals surface area contributed by atoms with Crippen molar-refractivity contribution in [1.29, 1.82) is 0 Å². The number of allylic oxidation sites excluding steroid dienone is 11. The Morgan fingerprint density at radius 2 is 1.16 bits per heavy atom. The van der Waals surface area contributed by atoms with Crippen molar-refractivity contribution in [2.24, 2.45) is 0 Å². The van der Waals surface area contributed by atoms with Gasteiger partial charge in [-0.1, -0.05) is 119 Å². The van der Waals surface area contributed by atoms with Gasteiger partial charge in [-0.15, -0.1) is 0 Å². The Morgan fingerprint density at radius 3 is 1.61 bits per heavy atom. The lowest BCUT2D eigenvalue weighted by Gasteiger charge is -1.98. The Morgan fingerprint density at radius 1 is 0.677 bits per heavy atom. The third kappa shape index (κ3) is 32.3. The predicted octanol–water partition coefficient (Wildman–Crippen LogP) is 7.51. The smallest absolute Gasteiger partial charge is 0.328 e. The first-order chi connectivity index (χ1) is 15.1. The van der Waals surface area contributed by atoms with Gasteiger partial charge in [0, 0.05) is 12.5 Å². The summed E-state index contributed by atoms with van der Waals surface area (Å²) in [4.78, 5) is 20.4. The Balaban J connectivity index is 0. The van der Waals surface area contributed by atoms with Crippen LogP contribution in [0.3, 0.4) is 0 Å². The first-order valence-electron chi connectivity index (χ1n) is 11.4. The highest BCUT2D eigenvalue weighted by molar-refractivity contribution is 5.80. The van der Waals surface area contributed by atoms with Crippen LogP contribution in [0.15, 0.2) is 72.9 Å². The molecule has 0 unspecified atom stereocenters. The van der Waals surface area contributed by atoms with E-state index in [4.69, 9.17) is 5.11 Å². The van der Waals surface area contributed by atoms with Crippen LogP contribution < -0.4 is 0 Å². The molecular formula is C27H42O4. The summed E-state index contributed by atoms with van der Waals surface area (Å²) in [5.74, 6) is -1.06. The van der Waals surface area contributed by atoms with Gasteiger partial charge in [0.1, 0.15) is 0 Å². The first kappa shape index (κ1) is 30.6. The zero-order valence-corrected chi connectivity index (χ0v) is 19.7. The maximum Gasteiger partial charge on any atom is 0.328 e. The van der Waals surface area contributed by atoms with Gasteiger partial charge in [-0.3, -0.25) is 4.79 Å². The fourth-order valence-electron chi connectivity index (χ4n) is 2.35. The van der Waals surface area contributed by atoms with Crippen molar-refractivity contribution >= 4 is 11.9 Å². The lowest BCUT2D eigenvalue weighted by atomic mass is 10.1. The molecule has 31 heavy (non-hydrogen) atoms. The average molecular weight is 431 g/mol. The molecule has 4 heteroatoms. The van der Waals surface area contributed by atoms with E-state index in [1.54, 1.807) is 12.2 Å². The number of ether oxygens (including phenoxy) is 1. The van der Waals surface area contributed by atoms with Crippen LogP contribution in [0.2, 0.25) is 0 Å². The molecule has 0 aromatic rings. The van der Waals surface area contributed by atoms with E-state index in [1.165, 1.54) is 58.1 Å². The number of carboxylic acid groups (broad SMARTS) is 1. The molecule has 0 aliphatic carbocycles. The molecule has 0 saturated carbocycles. The number of aliphatic carboxylic acids is 1. The number of carbonyl (C=O) groups excluding carboxylic acids is 1. The number of carboxylic acids is 1. The summed E-state index contributed by atoms with van der Waals surface area (Å²) in [7, 11) is 1.40. The van der Waals surface area contributed by atoms with Crippen molar-refractivity contribution in [3.8, 4) is 0 Å². The van der Waals surface area contributed by atoms with Crippen LogP contribution in [-0.2, 0) is 14.3 Å². The van der Waals surface area contributed by atoms with Crippen molar-refractivity contribution in [3.63, 3.8) is 0 Å². The molecule has 0 aromatic carbocycles. The molecule has 0 bridgehead atoms. The summed E-state index contributed by atoms with van der Waals surface area (Å²) in [5.41, 5.74) is 0. The second kappa shape index (κ2) is 27.4. The fourth-order valence-corrected chi connectivity index (χ4v) is 2.35. The molecule has 1 N–H and O–H groups in total. The maximum atomic E-state index is 10.2. The number of rotatable bonds is 16. The molecule has 0 aliphatic rings. The monoisotopic (exact) mass is 430 g/mol. The summed E-state index contributed by atoms with van der Waals surface area (Å²) in [6, 6.07) is 0. The van der Waals surface area contributed by atoms with Crippen molar-refractivity contribution < 1.29 is 19.4 Å². The van der Waals surface area contributed by atoms with E-state index in [1.807, 2.05) is 43.4 Å². The Bertz CT molecular complexity index is 592. The van der Waals surface area contributed by atoms with Gasteiger partial charge in [0.2, 0.25) is 0 Å². The van der Waals surface area contributed by atoms with Crippen LogP contribution in [0.25, 0.3) is 0 Å². The van der Waals surface area contributed by atoms with E-state index in [-0.39, 0.29) is 5.97 Å². The van der Waals surface area contributed by atoms with Gasteiger partial charge in [0.15, 0.2) is 0 Å². The Kier molecular flexibility index (Phi) is 27.0. The van der Waals surface area contributed by atoms with Crippen molar-refractivity contribution in [1.82, 2.24) is 0 Å². The number of methoxy groups -OCH3 is 1. The summed E-state index contributed by atoms with van der Waals surface area (Å²) >= 11 is 0. The van der Waals surface area contributed by atoms with Crippen molar-refractivity contribution in [2.75, 3.05) is 7.11 Å². The van der Waals surface area contributed by atoms with E-state index < -0.39 is 5.97 Å². The molecule has 0 amide bonds. The average Bonchev–Trinajstić information content (AvgIpc) is 2.75. The quantitative estimate of drug-likeness (QED) is 0.119. The minimum atomic E-state index is -0.936. The van der Waals surface area contributed by atoms with Crippen LogP contribution in [0.5, 0.6) is 0 Å². The van der Waals surface area contributed by atoms with Crippen LogP contribution >= 0.6 is 0 Å². The Labute approximate surface area is 189 Å². The van der Waals surface area contributed by atoms with Gasteiger partial charge in [-0.25, -0.2) is 4.79 Å². The molecule has 0 aromatic heterocycles. The number of hydrogen-bond acceptors (Lipinski definition) is 3. The molecule has 0 fully saturated rings. The van der Waals surface area contributed by atoms with Gasteiger partial charge in [-0.05, 0) is 19.3 Å². The van der Waals surface area contributed by atoms with E-state index in [2.05, 4.69) is 23.8 Å². The summed E-state index contributed by atoms with van der Waals surface area (Å²) in [5, 5.41) is 8.39. The molecule has 174 valence electrons. The molecule has 0 aliphatic heterocycles. The molecule has 0 radical (unpaired) electrons. The topological polar surface area (TPSA) is 63.6 Å². The highest BCUT2D eigenvalue weighted by Gasteiger charge is 1.92. The number of hydrogen-bond donors (Lipinski definition) is 1. The van der Waals surface area contributed by atoms with Crippen LogP contribution in [0, 0.1) is 0 Å². The Hall–Kier alpha value is -2.62. The zero-order valence-electron chi connectivity index (χ0n) is 19.7. The molecular weight excluding hydrogens is 388 g/mol. The lowest BCUT2D eigenvalue weighted by molar-refractivity contribution is -0.140. The third-order valence-corrected chi connectivity index (χ3v) is 4.03. The molecule has 4 nitrogen and oxygen atoms in total. The van der Waals surface area contributed by atoms with Crippen LogP contribution in [0.1, 0.15) is 78.1 Å². The third-order valence-electron chi connectivity index (χ3n) is 4.03. The van der Waals surface area contributed by atoms with Crippen LogP contribution in [-0.4, -0.2) is 24.2 Å². The molecule has 0 atom stereocenters. The summed E-state index contributed by atoms with van der Waals surface area (Å²) in [6.45, 7) is 4.19. The van der Waals surface area contributed by atoms with E-state index in [0.717, 1.165) is 18.9 Å². The second-order valence-electron chi connectivity index (χ2n) is 6.90. The van der Waals surface area contributed by atoms with E-state index in [0.29, 0.717) is 6.42 Å². The van der Waals surface area contributed by atoms with Crippen LogP contribution in [0.4, 0.5) is 0 Å². The molecule has 0 rings (SSSR count). The van der Waals surface area contributed by atoms with Gasteiger partial charge in [0.05, 0.1) is 7.11 Å². The normalized spacial score (nSPS) is 12.0. The highest BCUT2D eigenvalue weighted by Crippen LogP contribution is 2.08. The minimum Gasteiger partial charge on any atom is -0.478 e. The number of unbranched alkanes of at least 4 members (excludes halogenated alkanes) is 7. The number of esters is 1. The fraction of sp³-hybridized carbons (Fsp3) is 0.481. The molecule has 0 heterocycles. The van der Waals surface area contributed by atoms with Gasteiger partial charge in [0.25, 0.3) is 0 Å². The maximum absolute atomic E-state index is 10.2. The zero-order chi connectivity index (χ0) is 23.4. The standard InChI is InChI=1S/C22H32O2.C5H10O2/c1-2-3-4-5-6-7-8-9-10-11-12-13-14-15-16-17-18-19-20-21-22(23)24;1-3-4-5(6)7-2/h10-21H,2-9H2,1H3,(H,23,24);3-4H2,1-2H3. The van der Waals surface area contributed by atoms with Crippen molar-refractivity contribution in [3.05, 3.63) is 72.9 Å². The van der Waals surface area contributed by atoms with Gasteiger partial charge < -0.3 is 9.84 Å². The largest absolute Gasteiger partial charge is 0.478 e. The second-order valence-corrected chi connectivity index (χ2v) is 6.90. The first-order valence-corrected chi connectivity index (χ1v) is 11.4. The summed E-state index contributed by atoms with van der Waals surface area (Å²) in [6.07, 6.45) is 34.1. The molecule has 0 saturated heterocycles. The highest BCUT2D eigenvalue weighted by atomic mass is 16.5. The lowest BCUT2D eigenvalue weighted by Crippen LogP contribution is -1.97. The van der Waals surface area contributed by atoms with E-state index >= 15 is 0 Å². The van der Waals surface area contributed by atoms with E-state index in [9.17, 15) is 9.59 Å². The van der Waals surface area contributed by atoms with Crippen molar-refractivity contribution in [2.45, 2.75) is 78.1 Å². The van der Waals surface area contributed by atoms with Gasteiger partial charge in [-0.2, -0.15) is 0 Å². The SMILES string of the molecule is CCCC(=O)OC.CCCCCCCCCC=CC=CC=CC=CC=CC=CC(=O)O. The predicted molar refractivity (Wildman–Crippen MR) is 132 cm³/mol. The van der Waals surface area contributed by atoms with Gasteiger partial charge >= 0.3 is 11.9 Å². The molecule has 0 spiro atoms. The summed E-state index contributed by atoms with van der Waals surface area (Å²) < 4.78 is 4.35. The minimum absolute atomic E-state index is 0.123. The number of carbonyl (C=O) groups is 2.